The highest BCUT2D eigenvalue weighted by Crippen LogP contribution is 2.38. The summed E-state index contributed by atoms with van der Waals surface area (Å²) in [4.78, 5) is 52.3. The Balaban J connectivity index is 1.30. The fourth-order valence-electron chi connectivity index (χ4n) is 4.18. The number of carbonyl (C=O) groups is 4. The van der Waals surface area contributed by atoms with Crippen LogP contribution in [0.1, 0.15) is 25.7 Å². The number of anilines is 1. The second kappa shape index (κ2) is 10.4. The number of fused-ring (bicyclic) bond motifs is 1. The molecule has 1 saturated heterocycles. The average molecular weight is 487 g/mol. The van der Waals surface area contributed by atoms with Gasteiger partial charge in [-0.2, -0.15) is 0 Å². The van der Waals surface area contributed by atoms with Gasteiger partial charge in [0.05, 0.1) is 17.5 Å². The number of nitrogens with zero attached hydrogens (tertiary/aromatic N) is 1. The van der Waals surface area contributed by atoms with Crippen LogP contribution in [0.2, 0.25) is 5.02 Å². The Hall–Kier alpha value is -2.84. The van der Waals surface area contributed by atoms with Crippen molar-refractivity contribution in [1.82, 2.24) is 4.90 Å². The molecule has 3 amide bonds. The smallest absolute Gasteiger partial charge is 0.326 e. The Morgan fingerprint density at radius 1 is 1.00 bits per heavy atom. The summed E-state index contributed by atoms with van der Waals surface area (Å²) < 4.78 is 5.04. The first kappa shape index (κ1) is 23.3. The molecular formula is C24H23ClN2O5S. The molecule has 33 heavy (non-hydrogen) atoms. The molecule has 1 aliphatic carbocycles. The molecule has 2 aromatic carbocycles. The molecule has 2 aromatic rings. The number of carbonyl (C=O) groups excluding carboxylic acids is 4. The molecule has 9 heteroatoms. The summed E-state index contributed by atoms with van der Waals surface area (Å²) in [7, 11) is 0. The summed E-state index contributed by atoms with van der Waals surface area (Å²) in [5.74, 6) is -2.55. The lowest BCUT2D eigenvalue weighted by atomic mass is 9.81. The number of ether oxygens (including phenoxy) is 1. The van der Waals surface area contributed by atoms with Gasteiger partial charge in [-0.15, -0.1) is 0 Å². The molecule has 0 radical (unpaired) electrons. The van der Waals surface area contributed by atoms with E-state index in [0.29, 0.717) is 23.6 Å². The van der Waals surface area contributed by atoms with E-state index >= 15 is 0 Å². The van der Waals surface area contributed by atoms with Crippen molar-refractivity contribution < 1.29 is 23.9 Å². The highest BCUT2D eigenvalue weighted by molar-refractivity contribution is 7.99. The molecule has 1 heterocycles. The predicted octanol–water partition coefficient (Wildman–Crippen LogP) is 4.15. The van der Waals surface area contributed by atoms with Gasteiger partial charge in [0, 0.05) is 14.8 Å². The van der Waals surface area contributed by atoms with Crippen LogP contribution in [-0.4, -0.2) is 41.7 Å². The number of benzene rings is 2. The van der Waals surface area contributed by atoms with Crippen LogP contribution in [0, 0.1) is 11.8 Å². The van der Waals surface area contributed by atoms with Crippen LogP contribution >= 0.6 is 23.4 Å². The van der Waals surface area contributed by atoms with E-state index in [9.17, 15) is 19.2 Å². The third-order valence-corrected chi connectivity index (χ3v) is 7.12. The summed E-state index contributed by atoms with van der Waals surface area (Å²) in [5.41, 5.74) is 0.576. The molecule has 0 bridgehead atoms. The number of imide groups is 1. The van der Waals surface area contributed by atoms with Gasteiger partial charge in [0.15, 0.2) is 6.61 Å². The van der Waals surface area contributed by atoms with Gasteiger partial charge < -0.3 is 10.1 Å². The molecule has 172 valence electrons. The molecule has 2 fully saturated rings. The van der Waals surface area contributed by atoms with Crippen molar-refractivity contribution in [2.24, 2.45) is 11.8 Å². The molecule has 4 rings (SSSR count). The van der Waals surface area contributed by atoms with Crippen molar-refractivity contribution in [3.8, 4) is 0 Å². The normalized spacial score (nSPS) is 19.8. The highest BCUT2D eigenvalue weighted by Gasteiger charge is 2.48. The van der Waals surface area contributed by atoms with Gasteiger partial charge in [-0.25, -0.2) is 0 Å². The summed E-state index contributed by atoms with van der Waals surface area (Å²) >= 11 is 7.39. The van der Waals surface area contributed by atoms with Gasteiger partial charge in [0.25, 0.3) is 5.91 Å². The maximum Gasteiger partial charge on any atom is 0.326 e. The number of nitrogens with one attached hydrogen (secondary N) is 1. The van der Waals surface area contributed by atoms with Crippen LogP contribution in [0.4, 0.5) is 5.69 Å². The monoisotopic (exact) mass is 486 g/mol. The Labute approximate surface area is 200 Å². The standard InChI is InChI=1S/C24H23ClN2O5S/c25-15-9-11-16(12-10-15)33-20-8-4-3-7-19(20)26-21(28)14-32-22(29)13-27-23(30)17-5-1-2-6-18(17)24(27)31/h3-4,7-12,17-18H,1-2,5-6,13-14H2,(H,26,28)/t17-,18+. The zero-order valence-electron chi connectivity index (χ0n) is 17.8. The van der Waals surface area contributed by atoms with E-state index in [-0.39, 0.29) is 23.7 Å². The topological polar surface area (TPSA) is 92.8 Å². The molecule has 2 aliphatic rings. The Morgan fingerprint density at radius 3 is 2.30 bits per heavy atom. The van der Waals surface area contributed by atoms with Gasteiger partial charge in [-0.05, 0) is 49.2 Å². The van der Waals surface area contributed by atoms with E-state index in [2.05, 4.69) is 5.32 Å². The predicted molar refractivity (Wildman–Crippen MR) is 124 cm³/mol. The van der Waals surface area contributed by atoms with Crippen molar-refractivity contribution in [3.63, 3.8) is 0 Å². The van der Waals surface area contributed by atoms with Gasteiger partial charge in [0.2, 0.25) is 11.8 Å². The molecule has 7 nitrogen and oxygen atoms in total. The fraction of sp³-hybridized carbons (Fsp3) is 0.333. The molecule has 0 spiro atoms. The summed E-state index contributed by atoms with van der Waals surface area (Å²) in [6.45, 7) is -0.969. The number of amides is 3. The number of hydrogen-bond donors (Lipinski definition) is 1. The largest absolute Gasteiger partial charge is 0.454 e. The molecule has 1 aliphatic heterocycles. The maximum absolute atomic E-state index is 12.5. The first-order valence-electron chi connectivity index (χ1n) is 10.8. The third kappa shape index (κ3) is 5.57. The van der Waals surface area contributed by atoms with Gasteiger partial charge >= 0.3 is 5.97 Å². The minimum absolute atomic E-state index is 0.306. The summed E-state index contributed by atoms with van der Waals surface area (Å²) in [6, 6.07) is 14.6. The molecule has 1 saturated carbocycles. The zero-order valence-corrected chi connectivity index (χ0v) is 19.4. The van der Waals surface area contributed by atoms with Crippen LogP contribution in [0.15, 0.2) is 58.3 Å². The number of likely N-dealkylation sites (tertiary alicyclic amines) is 1. The Bertz CT molecular complexity index is 1050. The Morgan fingerprint density at radius 2 is 1.64 bits per heavy atom. The van der Waals surface area contributed by atoms with Crippen LogP contribution in [0.5, 0.6) is 0 Å². The van der Waals surface area contributed by atoms with E-state index in [1.165, 1.54) is 11.8 Å². The van der Waals surface area contributed by atoms with Crippen molar-refractivity contribution in [2.45, 2.75) is 35.5 Å². The van der Waals surface area contributed by atoms with Crippen LogP contribution in [0.25, 0.3) is 0 Å². The quantitative estimate of drug-likeness (QED) is 0.467. The number of para-hydroxylation sites is 1. The van der Waals surface area contributed by atoms with E-state index in [1.807, 2.05) is 24.3 Å². The molecule has 2 atom stereocenters. The molecule has 0 unspecified atom stereocenters. The van der Waals surface area contributed by atoms with Crippen LogP contribution in [-0.2, 0) is 23.9 Å². The molecular weight excluding hydrogens is 464 g/mol. The zero-order chi connectivity index (χ0) is 23.4. The SMILES string of the molecule is O=C(COC(=O)CN1C(=O)[C@H]2CCCC[C@H]2C1=O)Nc1ccccc1Sc1ccc(Cl)cc1. The second-order valence-corrected chi connectivity index (χ2v) is 9.57. The minimum atomic E-state index is -0.783. The van der Waals surface area contributed by atoms with Crippen molar-refractivity contribution >= 4 is 52.7 Å². The molecule has 1 N–H and O–H groups in total. The van der Waals surface area contributed by atoms with Crippen molar-refractivity contribution in [3.05, 3.63) is 53.6 Å². The van der Waals surface area contributed by atoms with E-state index in [4.69, 9.17) is 16.3 Å². The maximum atomic E-state index is 12.5. The van der Waals surface area contributed by atoms with Crippen molar-refractivity contribution in [1.29, 1.82) is 0 Å². The first-order chi connectivity index (χ1) is 15.9. The first-order valence-corrected chi connectivity index (χ1v) is 11.9. The Kier molecular flexibility index (Phi) is 7.35. The molecule has 0 aromatic heterocycles. The second-order valence-electron chi connectivity index (χ2n) is 8.02. The lowest BCUT2D eigenvalue weighted by Gasteiger charge is -2.19. The fourth-order valence-corrected chi connectivity index (χ4v) is 5.21. The highest BCUT2D eigenvalue weighted by atomic mass is 35.5. The van der Waals surface area contributed by atoms with Gasteiger partial charge in [0.1, 0.15) is 6.54 Å². The summed E-state index contributed by atoms with van der Waals surface area (Å²) in [5, 5.41) is 3.38. The number of esters is 1. The number of halogens is 1. The van der Waals surface area contributed by atoms with Crippen LogP contribution < -0.4 is 5.32 Å². The number of hydrogen-bond acceptors (Lipinski definition) is 6. The lowest BCUT2D eigenvalue weighted by molar-refractivity contribution is -0.154. The summed E-state index contributed by atoms with van der Waals surface area (Å²) in [6.07, 6.45) is 3.18. The third-order valence-electron chi connectivity index (χ3n) is 5.79. The van der Waals surface area contributed by atoms with E-state index < -0.39 is 25.0 Å². The van der Waals surface area contributed by atoms with Crippen LogP contribution in [0.3, 0.4) is 0 Å². The van der Waals surface area contributed by atoms with Crippen molar-refractivity contribution in [2.75, 3.05) is 18.5 Å². The number of rotatable bonds is 7. The average Bonchev–Trinajstić information content (AvgIpc) is 3.05. The van der Waals surface area contributed by atoms with Gasteiger partial charge in [-0.1, -0.05) is 48.3 Å². The lowest BCUT2D eigenvalue weighted by Crippen LogP contribution is -2.37. The minimum Gasteiger partial charge on any atom is -0.454 e. The van der Waals surface area contributed by atoms with E-state index in [0.717, 1.165) is 27.5 Å². The van der Waals surface area contributed by atoms with Gasteiger partial charge in [-0.3, -0.25) is 24.1 Å². The van der Waals surface area contributed by atoms with E-state index in [1.54, 1.807) is 24.3 Å².